The molecule has 4 heterocycles. The van der Waals surface area contributed by atoms with Crippen molar-refractivity contribution in [2.75, 3.05) is 20.2 Å². The summed E-state index contributed by atoms with van der Waals surface area (Å²) < 4.78 is 15.1. The number of fused-ring (bicyclic) bond motifs is 1. The number of hydrogen-bond acceptors (Lipinski definition) is 6. The summed E-state index contributed by atoms with van der Waals surface area (Å²) in [6.45, 7) is 5.62. The predicted molar refractivity (Wildman–Crippen MR) is 91.3 cm³/mol. The minimum absolute atomic E-state index is 0.0406. The first-order valence-electron chi connectivity index (χ1n) is 9.01. The Kier molecular flexibility index (Phi) is 4.49. The van der Waals surface area contributed by atoms with E-state index in [1.54, 1.807) is 24.1 Å². The summed E-state index contributed by atoms with van der Waals surface area (Å²) in [6, 6.07) is 1.78. The molecule has 0 bridgehead atoms. The van der Waals surface area contributed by atoms with Crippen molar-refractivity contribution in [2.24, 2.45) is 0 Å². The van der Waals surface area contributed by atoms with Crippen LogP contribution in [0.15, 0.2) is 12.3 Å². The Hall–Kier alpha value is -2.26. The van der Waals surface area contributed by atoms with Gasteiger partial charge in [-0.2, -0.15) is 5.10 Å². The molecule has 2 aromatic rings. The number of ether oxygens (including phenoxy) is 2. The van der Waals surface area contributed by atoms with Crippen LogP contribution < -0.4 is 0 Å². The van der Waals surface area contributed by atoms with E-state index >= 15 is 0 Å². The van der Waals surface area contributed by atoms with E-state index in [1.807, 2.05) is 16.5 Å². The number of piperidine rings is 1. The van der Waals surface area contributed by atoms with E-state index in [-0.39, 0.29) is 11.5 Å². The van der Waals surface area contributed by atoms with Gasteiger partial charge in [-0.3, -0.25) is 9.48 Å². The van der Waals surface area contributed by atoms with Crippen molar-refractivity contribution in [2.45, 2.75) is 51.7 Å². The summed E-state index contributed by atoms with van der Waals surface area (Å²) in [5.41, 5.74) is 2.20. The highest BCUT2D eigenvalue weighted by Gasteiger charge is 2.41. The molecule has 140 valence electrons. The molecule has 0 aromatic carbocycles. The lowest BCUT2D eigenvalue weighted by Gasteiger charge is -2.43. The van der Waals surface area contributed by atoms with Crippen LogP contribution >= 0.6 is 0 Å². The predicted octanol–water partition coefficient (Wildman–Crippen LogP) is 0.846. The van der Waals surface area contributed by atoms with Crippen LogP contribution in [0.1, 0.15) is 41.6 Å². The number of carbonyl (C=O) groups is 1. The molecule has 0 saturated carbocycles. The highest BCUT2D eigenvalue weighted by atomic mass is 16.5. The maximum atomic E-state index is 12.8. The van der Waals surface area contributed by atoms with Crippen LogP contribution in [0.5, 0.6) is 0 Å². The molecule has 0 N–H and O–H groups in total. The summed E-state index contributed by atoms with van der Waals surface area (Å²) >= 11 is 0. The van der Waals surface area contributed by atoms with E-state index in [0.717, 1.165) is 24.2 Å². The molecule has 0 atom stereocenters. The van der Waals surface area contributed by atoms with Gasteiger partial charge in [-0.1, -0.05) is 5.21 Å². The van der Waals surface area contributed by atoms with Crippen LogP contribution in [0, 0.1) is 0 Å². The number of carbonyl (C=O) groups excluding carboxylic acids is 1. The third-order valence-electron chi connectivity index (χ3n) is 5.35. The van der Waals surface area contributed by atoms with E-state index in [1.165, 1.54) is 0 Å². The normalized spacial score (nSPS) is 18.9. The third-order valence-corrected chi connectivity index (χ3v) is 5.35. The molecular formula is C17H24N6O3. The second-order valence-corrected chi connectivity index (χ2v) is 6.87. The van der Waals surface area contributed by atoms with Gasteiger partial charge in [0.1, 0.15) is 11.4 Å². The van der Waals surface area contributed by atoms with E-state index in [4.69, 9.17) is 9.47 Å². The maximum Gasteiger partial charge on any atom is 0.272 e. The maximum absolute atomic E-state index is 12.8. The van der Waals surface area contributed by atoms with Crippen molar-refractivity contribution >= 4 is 5.91 Å². The fourth-order valence-corrected chi connectivity index (χ4v) is 3.79. The first-order chi connectivity index (χ1) is 12.7. The molecule has 1 fully saturated rings. The lowest BCUT2D eigenvalue weighted by atomic mass is 9.89. The van der Waals surface area contributed by atoms with Gasteiger partial charge in [-0.05, 0) is 25.8 Å². The van der Waals surface area contributed by atoms with Gasteiger partial charge in [0.25, 0.3) is 5.91 Å². The van der Waals surface area contributed by atoms with Crippen molar-refractivity contribution in [3.63, 3.8) is 0 Å². The third kappa shape index (κ3) is 2.90. The van der Waals surface area contributed by atoms with Crippen molar-refractivity contribution in [3.8, 4) is 0 Å². The van der Waals surface area contributed by atoms with Gasteiger partial charge in [0, 0.05) is 32.9 Å². The molecule has 1 spiro atoms. The smallest absolute Gasteiger partial charge is 0.272 e. The van der Waals surface area contributed by atoms with Crippen molar-refractivity contribution in [1.82, 2.24) is 29.7 Å². The largest absolute Gasteiger partial charge is 0.378 e. The second kappa shape index (κ2) is 6.81. The van der Waals surface area contributed by atoms with Gasteiger partial charge in [-0.15, -0.1) is 5.10 Å². The van der Waals surface area contributed by atoms with Gasteiger partial charge >= 0.3 is 0 Å². The van der Waals surface area contributed by atoms with E-state index in [0.29, 0.717) is 45.1 Å². The summed E-state index contributed by atoms with van der Waals surface area (Å²) in [5, 5.41) is 12.6. The average Bonchev–Trinajstić information content (AvgIpc) is 3.29. The standard InChI is InChI=1S/C17H24N6O3/c1-3-22-14(4-7-18-22)16(24)21-8-5-17(6-9-21)12-23-15(11-26-17)13(10-25-2)19-20-23/h4,7H,3,5-6,8-12H2,1-2H3. The molecule has 26 heavy (non-hydrogen) atoms. The van der Waals surface area contributed by atoms with Gasteiger partial charge in [-0.25, -0.2) is 4.68 Å². The molecule has 2 aliphatic rings. The monoisotopic (exact) mass is 360 g/mol. The molecule has 2 aromatic heterocycles. The summed E-state index contributed by atoms with van der Waals surface area (Å²) in [5.74, 6) is 0.0406. The summed E-state index contributed by atoms with van der Waals surface area (Å²) in [6.07, 6.45) is 3.26. The van der Waals surface area contributed by atoms with Gasteiger partial charge in [0.2, 0.25) is 0 Å². The molecule has 0 radical (unpaired) electrons. The number of aryl methyl sites for hydroxylation is 1. The lowest BCUT2D eigenvalue weighted by Crippen LogP contribution is -2.52. The van der Waals surface area contributed by atoms with Crippen molar-refractivity contribution in [1.29, 1.82) is 0 Å². The zero-order valence-electron chi connectivity index (χ0n) is 15.2. The molecular weight excluding hydrogens is 336 g/mol. The van der Waals surface area contributed by atoms with Crippen LogP contribution in [0.4, 0.5) is 0 Å². The fourth-order valence-electron chi connectivity index (χ4n) is 3.79. The number of methoxy groups -OCH3 is 1. The lowest BCUT2D eigenvalue weighted by molar-refractivity contribution is -0.120. The Labute approximate surface area is 151 Å². The summed E-state index contributed by atoms with van der Waals surface area (Å²) in [4.78, 5) is 14.7. The molecule has 4 rings (SSSR count). The van der Waals surface area contributed by atoms with Gasteiger partial charge < -0.3 is 14.4 Å². The number of likely N-dealkylation sites (tertiary alicyclic amines) is 1. The quantitative estimate of drug-likeness (QED) is 0.803. The SMILES string of the molecule is CCn1nccc1C(=O)N1CCC2(CC1)Cn1nnc(COC)c1CO2. The number of nitrogens with zero attached hydrogens (tertiary/aromatic N) is 6. The first kappa shape index (κ1) is 17.2. The Morgan fingerprint density at radius 3 is 2.92 bits per heavy atom. The second-order valence-electron chi connectivity index (χ2n) is 6.87. The zero-order valence-corrected chi connectivity index (χ0v) is 15.2. The Bertz CT molecular complexity index is 790. The van der Waals surface area contributed by atoms with Crippen molar-refractivity contribution in [3.05, 3.63) is 29.3 Å². The van der Waals surface area contributed by atoms with Crippen LogP contribution in [0.2, 0.25) is 0 Å². The number of hydrogen-bond donors (Lipinski definition) is 0. The summed E-state index contributed by atoms with van der Waals surface area (Å²) in [7, 11) is 1.65. The van der Waals surface area contributed by atoms with Crippen LogP contribution in [-0.4, -0.2) is 61.4 Å². The van der Waals surface area contributed by atoms with Gasteiger partial charge in [0.05, 0.1) is 31.1 Å². The molecule has 9 nitrogen and oxygen atoms in total. The number of amides is 1. The molecule has 0 unspecified atom stereocenters. The minimum atomic E-state index is -0.271. The van der Waals surface area contributed by atoms with Crippen LogP contribution in [0.3, 0.4) is 0 Å². The fraction of sp³-hybridized carbons (Fsp3) is 0.647. The molecule has 9 heteroatoms. The topological polar surface area (TPSA) is 87.3 Å². The molecule has 1 saturated heterocycles. The Balaban J connectivity index is 1.43. The molecule has 2 aliphatic heterocycles. The minimum Gasteiger partial charge on any atom is -0.378 e. The highest BCUT2D eigenvalue weighted by Crippen LogP contribution is 2.33. The van der Waals surface area contributed by atoms with E-state index < -0.39 is 0 Å². The number of aromatic nitrogens is 5. The molecule has 0 aliphatic carbocycles. The van der Waals surface area contributed by atoms with Gasteiger partial charge in [0.15, 0.2) is 0 Å². The van der Waals surface area contributed by atoms with Crippen LogP contribution in [-0.2, 0) is 35.8 Å². The molecule has 1 amide bonds. The highest BCUT2D eigenvalue weighted by molar-refractivity contribution is 5.92. The Morgan fingerprint density at radius 1 is 1.38 bits per heavy atom. The first-order valence-corrected chi connectivity index (χ1v) is 9.01. The average molecular weight is 360 g/mol. The van der Waals surface area contributed by atoms with Crippen LogP contribution in [0.25, 0.3) is 0 Å². The Morgan fingerprint density at radius 2 is 2.19 bits per heavy atom. The van der Waals surface area contributed by atoms with Crippen molar-refractivity contribution < 1.29 is 14.3 Å². The van der Waals surface area contributed by atoms with E-state index in [2.05, 4.69) is 15.4 Å². The number of rotatable bonds is 4. The van der Waals surface area contributed by atoms with E-state index in [9.17, 15) is 4.79 Å². The zero-order chi connectivity index (χ0) is 18.1.